The van der Waals surface area contributed by atoms with Crippen molar-refractivity contribution in [2.24, 2.45) is 0 Å². The van der Waals surface area contributed by atoms with Crippen molar-refractivity contribution >= 4 is 23.3 Å². The lowest BCUT2D eigenvalue weighted by molar-refractivity contribution is 0.194. The minimum absolute atomic E-state index is 0.00282. The molecule has 1 aliphatic heterocycles. The molecule has 4 nitrogen and oxygen atoms in total. The maximum absolute atomic E-state index is 12.4. The first-order chi connectivity index (χ1) is 12.0. The largest absolute Gasteiger partial charge is 0.368 e. The Kier molecular flexibility index (Phi) is 5.49. The highest BCUT2D eigenvalue weighted by atomic mass is 35.5. The Bertz CT molecular complexity index is 737. The maximum atomic E-state index is 12.4. The summed E-state index contributed by atoms with van der Waals surface area (Å²) in [5, 5.41) is 3.80. The van der Waals surface area contributed by atoms with Crippen LogP contribution in [0.1, 0.15) is 16.7 Å². The zero-order valence-corrected chi connectivity index (χ0v) is 15.5. The number of hydrogen-bond donors (Lipinski definition) is 1. The molecular formula is C20H24ClN3O. The number of urea groups is 1. The van der Waals surface area contributed by atoms with Gasteiger partial charge in [-0.1, -0.05) is 47.5 Å². The highest BCUT2D eigenvalue weighted by molar-refractivity contribution is 6.31. The van der Waals surface area contributed by atoms with Gasteiger partial charge in [0.15, 0.2) is 0 Å². The summed E-state index contributed by atoms with van der Waals surface area (Å²) >= 11 is 6.22. The standard InChI is InChI=1S/C20H24ClN3O/c1-15-6-8-17(9-7-15)14-22-20(25)24-12-10-23(11-13-24)19-5-3-4-18(21)16(19)2/h3-9H,10-14H2,1-2H3,(H,22,25). The highest BCUT2D eigenvalue weighted by Crippen LogP contribution is 2.27. The molecule has 1 fully saturated rings. The van der Waals surface area contributed by atoms with E-state index < -0.39 is 0 Å². The Balaban J connectivity index is 1.52. The fraction of sp³-hybridized carbons (Fsp3) is 0.350. The molecule has 1 saturated heterocycles. The van der Waals surface area contributed by atoms with Crippen molar-refractivity contribution in [1.82, 2.24) is 10.2 Å². The van der Waals surface area contributed by atoms with Crippen LogP contribution in [0.3, 0.4) is 0 Å². The number of nitrogens with zero attached hydrogens (tertiary/aromatic N) is 2. The molecule has 0 aliphatic carbocycles. The molecule has 0 radical (unpaired) electrons. The quantitative estimate of drug-likeness (QED) is 0.901. The van der Waals surface area contributed by atoms with E-state index in [2.05, 4.69) is 47.5 Å². The van der Waals surface area contributed by atoms with E-state index in [1.54, 1.807) is 0 Å². The van der Waals surface area contributed by atoms with Crippen molar-refractivity contribution in [2.75, 3.05) is 31.1 Å². The Morgan fingerprint density at radius 3 is 2.40 bits per heavy atom. The van der Waals surface area contributed by atoms with E-state index in [1.807, 2.05) is 24.0 Å². The third kappa shape index (κ3) is 4.26. The number of hydrogen-bond acceptors (Lipinski definition) is 2. The van der Waals surface area contributed by atoms with Crippen LogP contribution >= 0.6 is 11.6 Å². The third-order valence-corrected chi connectivity index (χ3v) is 5.12. The lowest BCUT2D eigenvalue weighted by Crippen LogP contribution is -2.51. The van der Waals surface area contributed by atoms with Crippen molar-refractivity contribution in [2.45, 2.75) is 20.4 Å². The molecule has 2 aromatic rings. The number of benzene rings is 2. The molecule has 0 spiro atoms. The molecule has 2 amide bonds. The van der Waals surface area contributed by atoms with E-state index in [0.717, 1.165) is 34.9 Å². The van der Waals surface area contributed by atoms with Crippen molar-refractivity contribution in [3.8, 4) is 0 Å². The topological polar surface area (TPSA) is 35.6 Å². The molecular weight excluding hydrogens is 334 g/mol. The summed E-state index contributed by atoms with van der Waals surface area (Å²) in [4.78, 5) is 16.6. The number of anilines is 1. The number of halogens is 1. The molecule has 3 rings (SSSR count). The normalized spacial score (nSPS) is 14.5. The number of amides is 2. The molecule has 0 atom stereocenters. The van der Waals surface area contributed by atoms with Crippen LogP contribution in [0, 0.1) is 13.8 Å². The minimum Gasteiger partial charge on any atom is -0.368 e. The van der Waals surface area contributed by atoms with Gasteiger partial charge in [-0.3, -0.25) is 0 Å². The first kappa shape index (κ1) is 17.6. The van der Waals surface area contributed by atoms with E-state index in [0.29, 0.717) is 19.6 Å². The highest BCUT2D eigenvalue weighted by Gasteiger charge is 2.22. The summed E-state index contributed by atoms with van der Waals surface area (Å²) in [5.74, 6) is 0. The number of piperazine rings is 1. The average molecular weight is 358 g/mol. The third-order valence-electron chi connectivity index (χ3n) is 4.71. The molecule has 0 saturated carbocycles. The van der Waals surface area contributed by atoms with Gasteiger partial charge in [0.25, 0.3) is 0 Å². The zero-order chi connectivity index (χ0) is 17.8. The molecule has 0 aromatic heterocycles. The van der Waals surface area contributed by atoms with Gasteiger partial charge in [-0.25, -0.2) is 4.79 Å². The van der Waals surface area contributed by atoms with E-state index in [9.17, 15) is 4.79 Å². The van der Waals surface area contributed by atoms with Gasteiger partial charge in [0, 0.05) is 43.4 Å². The first-order valence-corrected chi connectivity index (χ1v) is 9.01. The molecule has 0 unspecified atom stereocenters. The van der Waals surface area contributed by atoms with E-state index in [4.69, 9.17) is 11.6 Å². The van der Waals surface area contributed by atoms with Crippen LogP contribution in [0.15, 0.2) is 42.5 Å². The van der Waals surface area contributed by atoms with Gasteiger partial charge in [0.2, 0.25) is 0 Å². The van der Waals surface area contributed by atoms with Crippen LogP contribution in [-0.2, 0) is 6.54 Å². The molecule has 1 heterocycles. The fourth-order valence-electron chi connectivity index (χ4n) is 3.08. The maximum Gasteiger partial charge on any atom is 0.317 e. The second kappa shape index (κ2) is 7.79. The SMILES string of the molecule is Cc1ccc(CNC(=O)N2CCN(c3cccc(Cl)c3C)CC2)cc1. The van der Waals surface area contributed by atoms with E-state index in [-0.39, 0.29) is 6.03 Å². The first-order valence-electron chi connectivity index (χ1n) is 8.63. The van der Waals surface area contributed by atoms with Crippen LogP contribution in [0.4, 0.5) is 10.5 Å². The van der Waals surface area contributed by atoms with Gasteiger partial charge in [-0.05, 0) is 37.1 Å². The molecule has 0 bridgehead atoms. The van der Waals surface area contributed by atoms with Crippen molar-refractivity contribution in [3.63, 3.8) is 0 Å². The number of carbonyl (C=O) groups is 1. The smallest absolute Gasteiger partial charge is 0.317 e. The second-order valence-electron chi connectivity index (χ2n) is 6.50. The Morgan fingerprint density at radius 1 is 1.04 bits per heavy atom. The molecule has 132 valence electrons. The summed E-state index contributed by atoms with van der Waals surface area (Å²) in [7, 11) is 0. The Hall–Kier alpha value is -2.20. The van der Waals surface area contributed by atoms with Gasteiger partial charge in [-0.2, -0.15) is 0 Å². The molecule has 2 aromatic carbocycles. The summed E-state index contributed by atoms with van der Waals surface area (Å²) in [6.45, 7) is 7.73. The predicted octanol–water partition coefficient (Wildman–Crippen LogP) is 3.99. The van der Waals surface area contributed by atoms with Crippen molar-refractivity contribution < 1.29 is 4.79 Å². The lowest BCUT2D eigenvalue weighted by atomic mass is 10.1. The van der Waals surface area contributed by atoms with Gasteiger partial charge in [0.1, 0.15) is 0 Å². The monoisotopic (exact) mass is 357 g/mol. The van der Waals surface area contributed by atoms with Crippen LogP contribution in [-0.4, -0.2) is 37.1 Å². The molecule has 1 aliphatic rings. The van der Waals surface area contributed by atoms with Crippen LogP contribution in [0.25, 0.3) is 0 Å². The van der Waals surface area contributed by atoms with Crippen LogP contribution < -0.4 is 10.2 Å². The number of rotatable bonds is 3. The summed E-state index contributed by atoms with van der Waals surface area (Å²) in [6, 6.07) is 14.2. The van der Waals surface area contributed by atoms with Crippen LogP contribution in [0.5, 0.6) is 0 Å². The van der Waals surface area contributed by atoms with Gasteiger partial charge in [-0.15, -0.1) is 0 Å². The Morgan fingerprint density at radius 2 is 1.72 bits per heavy atom. The minimum atomic E-state index is 0.00282. The van der Waals surface area contributed by atoms with Gasteiger partial charge < -0.3 is 15.1 Å². The summed E-state index contributed by atoms with van der Waals surface area (Å²) in [6.07, 6.45) is 0. The average Bonchev–Trinajstić information content (AvgIpc) is 2.63. The van der Waals surface area contributed by atoms with E-state index >= 15 is 0 Å². The Labute approximate surface area is 154 Å². The van der Waals surface area contributed by atoms with E-state index in [1.165, 1.54) is 5.56 Å². The predicted molar refractivity (Wildman–Crippen MR) is 103 cm³/mol. The van der Waals surface area contributed by atoms with Crippen LogP contribution in [0.2, 0.25) is 5.02 Å². The van der Waals surface area contributed by atoms with Crippen molar-refractivity contribution in [3.05, 3.63) is 64.2 Å². The number of nitrogens with one attached hydrogen (secondary N) is 1. The summed E-state index contributed by atoms with van der Waals surface area (Å²) in [5.41, 5.74) is 4.60. The fourth-order valence-corrected chi connectivity index (χ4v) is 3.25. The van der Waals surface area contributed by atoms with Crippen molar-refractivity contribution in [1.29, 1.82) is 0 Å². The van der Waals surface area contributed by atoms with Gasteiger partial charge in [0.05, 0.1) is 0 Å². The lowest BCUT2D eigenvalue weighted by Gasteiger charge is -2.36. The molecule has 5 heteroatoms. The second-order valence-corrected chi connectivity index (χ2v) is 6.91. The molecule has 1 N–H and O–H groups in total. The summed E-state index contributed by atoms with van der Waals surface area (Å²) < 4.78 is 0. The zero-order valence-electron chi connectivity index (χ0n) is 14.8. The number of carbonyl (C=O) groups excluding carboxylic acids is 1. The molecule has 25 heavy (non-hydrogen) atoms. The number of aryl methyl sites for hydroxylation is 1. The van der Waals surface area contributed by atoms with Gasteiger partial charge >= 0.3 is 6.03 Å².